The highest BCUT2D eigenvalue weighted by molar-refractivity contribution is 9.10. The Labute approximate surface area is 127 Å². The number of halogens is 2. The van der Waals surface area contributed by atoms with E-state index in [-0.39, 0.29) is 5.91 Å². The molecule has 0 bridgehead atoms. The van der Waals surface area contributed by atoms with Gasteiger partial charge < -0.3 is 10.1 Å². The molecule has 0 aliphatic heterocycles. The van der Waals surface area contributed by atoms with Crippen molar-refractivity contribution in [1.82, 2.24) is 5.32 Å². The third-order valence-corrected chi connectivity index (χ3v) is 3.51. The summed E-state index contributed by atoms with van der Waals surface area (Å²) in [6, 6.07) is 5.37. The molecule has 0 radical (unpaired) electrons. The smallest absolute Gasteiger partial charge is 0.255 e. The van der Waals surface area contributed by atoms with Gasteiger partial charge >= 0.3 is 0 Å². The highest BCUT2D eigenvalue weighted by Crippen LogP contribution is 2.23. The largest absolute Gasteiger partial charge is 0.496 e. The van der Waals surface area contributed by atoms with E-state index in [0.717, 1.165) is 30.2 Å². The van der Waals surface area contributed by atoms with Crippen molar-refractivity contribution in [2.45, 2.75) is 25.7 Å². The van der Waals surface area contributed by atoms with Crippen LogP contribution in [-0.4, -0.2) is 25.4 Å². The molecule has 0 aromatic heterocycles. The summed E-state index contributed by atoms with van der Waals surface area (Å²) in [6.07, 6.45) is 4.21. The van der Waals surface area contributed by atoms with E-state index < -0.39 is 0 Å². The summed E-state index contributed by atoms with van der Waals surface area (Å²) in [4.78, 5) is 12.0. The van der Waals surface area contributed by atoms with Crippen molar-refractivity contribution >= 4 is 33.4 Å². The van der Waals surface area contributed by atoms with Gasteiger partial charge in [0.2, 0.25) is 0 Å². The fourth-order valence-corrected chi connectivity index (χ4v) is 2.25. The van der Waals surface area contributed by atoms with Gasteiger partial charge in [-0.25, -0.2) is 0 Å². The molecule has 0 aliphatic carbocycles. The first-order chi connectivity index (χ1) is 9.19. The van der Waals surface area contributed by atoms with Gasteiger partial charge in [0.25, 0.3) is 5.91 Å². The number of rotatable bonds is 8. The number of nitrogens with one attached hydrogen (secondary N) is 1. The molecule has 19 heavy (non-hydrogen) atoms. The van der Waals surface area contributed by atoms with Crippen LogP contribution in [-0.2, 0) is 0 Å². The van der Waals surface area contributed by atoms with Crippen LogP contribution in [0.15, 0.2) is 22.7 Å². The average molecular weight is 349 g/mol. The summed E-state index contributed by atoms with van der Waals surface area (Å²) in [5, 5.41) is 2.90. The molecule has 1 aromatic carbocycles. The molecule has 106 valence electrons. The Kier molecular flexibility index (Phi) is 7.91. The van der Waals surface area contributed by atoms with Gasteiger partial charge in [0.15, 0.2) is 0 Å². The molecule has 0 fully saturated rings. The lowest BCUT2D eigenvalue weighted by molar-refractivity contribution is 0.0950. The van der Waals surface area contributed by atoms with E-state index in [1.54, 1.807) is 19.2 Å². The second kappa shape index (κ2) is 9.21. The van der Waals surface area contributed by atoms with E-state index >= 15 is 0 Å². The maximum atomic E-state index is 12.0. The van der Waals surface area contributed by atoms with Crippen LogP contribution in [0.2, 0.25) is 0 Å². The fourth-order valence-electron chi connectivity index (χ4n) is 1.72. The van der Waals surface area contributed by atoms with Gasteiger partial charge in [0.05, 0.1) is 12.7 Å². The third kappa shape index (κ3) is 5.83. The van der Waals surface area contributed by atoms with Crippen LogP contribution in [0.3, 0.4) is 0 Å². The van der Waals surface area contributed by atoms with Crippen molar-refractivity contribution in [1.29, 1.82) is 0 Å². The Morgan fingerprint density at radius 2 is 2.05 bits per heavy atom. The van der Waals surface area contributed by atoms with Crippen molar-refractivity contribution < 1.29 is 9.53 Å². The van der Waals surface area contributed by atoms with Crippen LogP contribution < -0.4 is 10.1 Å². The molecule has 0 heterocycles. The summed E-state index contributed by atoms with van der Waals surface area (Å²) in [6.45, 7) is 0.681. The third-order valence-electron chi connectivity index (χ3n) is 2.75. The molecule has 1 N–H and O–H groups in total. The molecule has 1 aromatic rings. The van der Waals surface area contributed by atoms with E-state index in [0.29, 0.717) is 23.7 Å². The summed E-state index contributed by atoms with van der Waals surface area (Å²) in [5.74, 6) is 1.19. The molecule has 0 aliphatic rings. The second-order valence-electron chi connectivity index (χ2n) is 4.20. The molecule has 0 atom stereocenters. The SMILES string of the molecule is COc1cc(Br)ccc1C(=O)NCCCCCCCl. The van der Waals surface area contributed by atoms with E-state index in [4.69, 9.17) is 16.3 Å². The number of unbranched alkanes of at least 4 members (excludes halogenated alkanes) is 3. The molecule has 1 rings (SSSR count). The number of carbonyl (C=O) groups excluding carboxylic acids is 1. The van der Waals surface area contributed by atoms with E-state index in [1.807, 2.05) is 6.07 Å². The number of alkyl halides is 1. The molecular formula is C14H19BrClNO2. The first kappa shape index (κ1) is 16.3. The molecule has 1 amide bonds. The lowest BCUT2D eigenvalue weighted by Crippen LogP contribution is -2.24. The Balaban J connectivity index is 2.41. The summed E-state index contributed by atoms with van der Waals surface area (Å²) < 4.78 is 6.09. The van der Waals surface area contributed by atoms with E-state index in [9.17, 15) is 4.79 Å². The summed E-state index contributed by atoms with van der Waals surface area (Å²) in [7, 11) is 1.56. The summed E-state index contributed by atoms with van der Waals surface area (Å²) >= 11 is 8.96. The summed E-state index contributed by atoms with van der Waals surface area (Å²) in [5.41, 5.74) is 0.562. The topological polar surface area (TPSA) is 38.3 Å². The van der Waals surface area contributed by atoms with Gasteiger partial charge in [-0.05, 0) is 31.0 Å². The number of hydrogen-bond donors (Lipinski definition) is 1. The number of benzene rings is 1. The van der Waals surface area contributed by atoms with Crippen LogP contribution >= 0.6 is 27.5 Å². The highest BCUT2D eigenvalue weighted by Gasteiger charge is 2.11. The molecule has 5 heteroatoms. The van der Waals surface area contributed by atoms with Crippen LogP contribution in [0.4, 0.5) is 0 Å². The van der Waals surface area contributed by atoms with Crippen LogP contribution in [0, 0.1) is 0 Å². The van der Waals surface area contributed by atoms with Crippen molar-refractivity contribution in [3.05, 3.63) is 28.2 Å². The quantitative estimate of drug-likeness (QED) is 0.570. The van der Waals surface area contributed by atoms with E-state index in [1.165, 1.54) is 0 Å². The lowest BCUT2D eigenvalue weighted by Gasteiger charge is -2.09. The van der Waals surface area contributed by atoms with Crippen LogP contribution in [0.5, 0.6) is 5.75 Å². The Hall–Kier alpha value is -0.740. The zero-order valence-corrected chi connectivity index (χ0v) is 13.4. The fraction of sp³-hybridized carbons (Fsp3) is 0.500. The Morgan fingerprint density at radius 1 is 1.32 bits per heavy atom. The maximum Gasteiger partial charge on any atom is 0.255 e. The van der Waals surface area contributed by atoms with Gasteiger partial charge in [-0.2, -0.15) is 0 Å². The monoisotopic (exact) mass is 347 g/mol. The number of methoxy groups -OCH3 is 1. The molecule has 0 saturated carbocycles. The van der Waals surface area contributed by atoms with Crippen molar-refractivity contribution in [2.24, 2.45) is 0 Å². The minimum absolute atomic E-state index is 0.0957. The normalized spacial score (nSPS) is 10.3. The number of ether oxygens (including phenoxy) is 1. The zero-order valence-electron chi connectivity index (χ0n) is 11.0. The van der Waals surface area contributed by atoms with Crippen LogP contribution in [0.1, 0.15) is 36.0 Å². The van der Waals surface area contributed by atoms with Gasteiger partial charge in [-0.3, -0.25) is 4.79 Å². The molecule has 3 nitrogen and oxygen atoms in total. The number of carbonyl (C=O) groups is 1. The highest BCUT2D eigenvalue weighted by atomic mass is 79.9. The predicted molar refractivity (Wildman–Crippen MR) is 82.2 cm³/mol. The van der Waals surface area contributed by atoms with Crippen molar-refractivity contribution in [3.8, 4) is 5.75 Å². The maximum absolute atomic E-state index is 12.0. The Morgan fingerprint density at radius 3 is 2.74 bits per heavy atom. The predicted octanol–water partition coefficient (Wildman–Crippen LogP) is 3.99. The first-order valence-corrected chi connectivity index (χ1v) is 7.69. The number of hydrogen-bond acceptors (Lipinski definition) is 2. The minimum Gasteiger partial charge on any atom is -0.496 e. The zero-order chi connectivity index (χ0) is 14.1. The standard InChI is InChI=1S/C14H19BrClNO2/c1-19-13-10-11(15)6-7-12(13)14(18)17-9-5-3-2-4-8-16/h6-7,10H,2-5,8-9H2,1H3,(H,17,18). The molecule has 0 unspecified atom stereocenters. The van der Waals surface area contributed by atoms with Gasteiger partial charge in [-0.15, -0.1) is 11.6 Å². The van der Waals surface area contributed by atoms with Crippen molar-refractivity contribution in [3.63, 3.8) is 0 Å². The van der Waals surface area contributed by atoms with Gasteiger partial charge in [0, 0.05) is 16.9 Å². The van der Waals surface area contributed by atoms with Gasteiger partial charge in [0.1, 0.15) is 5.75 Å². The number of amides is 1. The minimum atomic E-state index is -0.0957. The molecule has 0 spiro atoms. The van der Waals surface area contributed by atoms with Crippen LogP contribution in [0.25, 0.3) is 0 Å². The second-order valence-corrected chi connectivity index (χ2v) is 5.50. The lowest BCUT2D eigenvalue weighted by atomic mass is 10.1. The molecular weight excluding hydrogens is 330 g/mol. The first-order valence-electron chi connectivity index (χ1n) is 6.36. The average Bonchev–Trinajstić information content (AvgIpc) is 2.42. The van der Waals surface area contributed by atoms with E-state index in [2.05, 4.69) is 21.2 Å². The van der Waals surface area contributed by atoms with Gasteiger partial charge in [-0.1, -0.05) is 28.8 Å². The molecule has 0 saturated heterocycles. The van der Waals surface area contributed by atoms with Crippen molar-refractivity contribution in [2.75, 3.05) is 19.5 Å². The Bertz CT molecular complexity index is 412.